The van der Waals surface area contributed by atoms with Gasteiger partial charge in [0, 0.05) is 19.7 Å². The van der Waals surface area contributed by atoms with Crippen molar-refractivity contribution in [1.82, 2.24) is 4.90 Å². The number of nitrogens with zero attached hydrogens (tertiary/aromatic N) is 1. The molecule has 3 aromatic rings. The molecule has 0 saturated carbocycles. The molecule has 1 aliphatic rings. The van der Waals surface area contributed by atoms with E-state index in [1.54, 1.807) is 19.2 Å². The van der Waals surface area contributed by atoms with Gasteiger partial charge >= 0.3 is 0 Å². The van der Waals surface area contributed by atoms with Crippen LogP contribution in [0.1, 0.15) is 60.7 Å². The summed E-state index contributed by atoms with van der Waals surface area (Å²) in [5, 5.41) is 0. The second-order valence-electron chi connectivity index (χ2n) is 9.86. The van der Waals surface area contributed by atoms with Gasteiger partial charge in [-0.3, -0.25) is 4.79 Å². The van der Waals surface area contributed by atoms with Crippen molar-refractivity contribution in [2.75, 3.05) is 20.3 Å². The third kappa shape index (κ3) is 6.51. The first-order valence-electron chi connectivity index (χ1n) is 12.2. The maximum atomic E-state index is 13.7. The third-order valence-electron chi connectivity index (χ3n) is 6.86. The summed E-state index contributed by atoms with van der Waals surface area (Å²) in [6, 6.07) is 18.0. The molecule has 1 fully saturated rings. The Bertz CT molecular complexity index is 1080. The van der Waals surface area contributed by atoms with E-state index in [1.165, 1.54) is 18.4 Å². The highest BCUT2D eigenvalue weighted by molar-refractivity contribution is 5.91. The summed E-state index contributed by atoms with van der Waals surface area (Å²) in [4.78, 5) is 15.2. The zero-order chi connectivity index (χ0) is 24.8. The van der Waals surface area contributed by atoms with Gasteiger partial charge in [-0.25, -0.2) is 4.39 Å². The van der Waals surface area contributed by atoms with E-state index in [9.17, 15) is 9.18 Å². The number of methoxy groups -OCH3 is 1. The van der Waals surface area contributed by atoms with Crippen molar-refractivity contribution in [2.24, 2.45) is 5.92 Å². The van der Waals surface area contributed by atoms with Crippen molar-refractivity contribution >= 4 is 5.91 Å². The fraction of sp³-hybridized carbons (Fsp3) is 0.414. The van der Waals surface area contributed by atoms with Gasteiger partial charge in [0.25, 0.3) is 5.91 Å². The normalized spacial score (nSPS) is 18.1. The Morgan fingerprint density at radius 1 is 1.14 bits per heavy atom. The minimum Gasteiger partial charge on any atom is -0.497 e. The van der Waals surface area contributed by atoms with Crippen molar-refractivity contribution in [2.45, 2.75) is 51.2 Å². The Morgan fingerprint density at radius 3 is 2.51 bits per heavy atom. The van der Waals surface area contributed by atoms with E-state index >= 15 is 0 Å². The van der Waals surface area contributed by atoms with Crippen molar-refractivity contribution in [1.29, 1.82) is 0 Å². The average Bonchev–Trinajstić information content (AvgIpc) is 3.39. The Labute approximate surface area is 206 Å². The van der Waals surface area contributed by atoms with Gasteiger partial charge in [0.15, 0.2) is 5.76 Å². The lowest BCUT2D eigenvalue weighted by Gasteiger charge is -2.40. The van der Waals surface area contributed by atoms with E-state index < -0.39 is 0 Å². The predicted molar refractivity (Wildman–Crippen MR) is 133 cm³/mol. The molecule has 0 N–H and O–H groups in total. The van der Waals surface area contributed by atoms with Crippen LogP contribution in [0.5, 0.6) is 5.75 Å². The number of hydrogen-bond donors (Lipinski definition) is 0. The van der Waals surface area contributed by atoms with E-state index in [2.05, 4.69) is 13.8 Å². The molecule has 1 aromatic heterocycles. The van der Waals surface area contributed by atoms with Crippen LogP contribution in [-0.4, -0.2) is 36.7 Å². The van der Waals surface area contributed by atoms with Gasteiger partial charge in [0.2, 0.25) is 0 Å². The van der Waals surface area contributed by atoms with Crippen LogP contribution in [0.4, 0.5) is 4.39 Å². The standard InChI is InChI=1S/C29H34FNO4/c1-29(2)19-23(15-18-35-29)26(22-8-10-24(30)11-9-22)14-16-31(28(32)27-5-4-17-34-27)20-21-6-12-25(33-3)13-7-21/h4-13,17,23,26H,14-16,18-20H2,1-3H3/t23-,26+/m1/s1. The molecule has 1 saturated heterocycles. The zero-order valence-corrected chi connectivity index (χ0v) is 20.7. The van der Waals surface area contributed by atoms with Crippen molar-refractivity contribution in [3.8, 4) is 5.75 Å². The van der Waals surface area contributed by atoms with Gasteiger partial charge in [-0.05, 0) is 92.5 Å². The molecule has 0 aliphatic carbocycles. The fourth-order valence-electron chi connectivity index (χ4n) is 5.06. The lowest BCUT2D eigenvalue weighted by atomic mass is 9.75. The number of hydrogen-bond acceptors (Lipinski definition) is 4. The summed E-state index contributed by atoms with van der Waals surface area (Å²) in [5.41, 5.74) is 1.91. The number of carbonyl (C=O) groups is 1. The Hall–Kier alpha value is -3.12. The van der Waals surface area contributed by atoms with E-state index in [0.29, 0.717) is 31.4 Å². The van der Waals surface area contributed by atoms with Crippen LogP contribution < -0.4 is 4.74 Å². The summed E-state index contributed by atoms with van der Waals surface area (Å²) in [5.74, 6) is 1.28. The molecular weight excluding hydrogens is 445 g/mol. The van der Waals surface area contributed by atoms with Crippen LogP contribution in [-0.2, 0) is 11.3 Å². The maximum Gasteiger partial charge on any atom is 0.289 e. The lowest BCUT2D eigenvalue weighted by Crippen LogP contribution is -2.38. The molecule has 186 valence electrons. The second kappa shape index (κ2) is 11.1. The van der Waals surface area contributed by atoms with Crippen LogP contribution in [0.15, 0.2) is 71.3 Å². The Balaban J connectivity index is 1.57. The number of furan rings is 1. The van der Waals surface area contributed by atoms with Gasteiger partial charge in [-0.1, -0.05) is 24.3 Å². The van der Waals surface area contributed by atoms with Gasteiger partial charge in [0.05, 0.1) is 19.0 Å². The smallest absolute Gasteiger partial charge is 0.289 e. The quantitative estimate of drug-likeness (QED) is 0.354. The Morgan fingerprint density at radius 2 is 1.89 bits per heavy atom. The molecule has 2 atom stereocenters. The number of amides is 1. The fourth-order valence-corrected chi connectivity index (χ4v) is 5.06. The molecule has 4 rings (SSSR count). The third-order valence-corrected chi connectivity index (χ3v) is 6.86. The van der Waals surface area contributed by atoms with Crippen LogP contribution in [0, 0.1) is 11.7 Å². The monoisotopic (exact) mass is 479 g/mol. The van der Waals surface area contributed by atoms with E-state index in [1.807, 2.05) is 41.3 Å². The molecule has 2 heterocycles. The summed E-state index contributed by atoms with van der Waals surface area (Å²) in [6.45, 7) is 5.95. The van der Waals surface area contributed by atoms with Crippen LogP contribution in [0.2, 0.25) is 0 Å². The molecule has 0 bridgehead atoms. The molecule has 6 heteroatoms. The second-order valence-corrected chi connectivity index (χ2v) is 9.86. The first-order valence-corrected chi connectivity index (χ1v) is 12.2. The molecule has 2 aromatic carbocycles. The van der Waals surface area contributed by atoms with Crippen molar-refractivity contribution in [3.05, 3.63) is 89.6 Å². The van der Waals surface area contributed by atoms with Crippen molar-refractivity contribution < 1.29 is 23.1 Å². The summed E-state index contributed by atoms with van der Waals surface area (Å²) >= 11 is 0. The predicted octanol–water partition coefficient (Wildman–Crippen LogP) is 6.45. The highest BCUT2D eigenvalue weighted by Crippen LogP contribution is 2.40. The lowest BCUT2D eigenvalue weighted by molar-refractivity contribution is -0.0774. The first-order chi connectivity index (χ1) is 16.8. The number of ether oxygens (including phenoxy) is 2. The van der Waals surface area contributed by atoms with E-state index in [0.717, 1.165) is 36.1 Å². The average molecular weight is 480 g/mol. The van der Waals surface area contributed by atoms with Gasteiger partial charge < -0.3 is 18.8 Å². The molecule has 0 unspecified atom stereocenters. The molecule has 35 heavy (non-hydrogen) atoms. The maximum absolute atomic E-state index is 13.7. The summed E-state index contributed by atoms with van der Waals surface area (Å²) in [6.07, 6.45) is 4.13. The molecule has 1 amide bonds. The van der Waals surface area contributed by atoms with Gasteiger partial charge in [0.1, 0.15) is 11.6 Å². The largest absolute Gasteiger partial charge is 0.497 e. The Kier molecular flexibility index (Phi) is 7.91. The summed E-state index contributed by atoms with van der Waals surface area (Å²) in [7, 11) is 1.63. The zero-order valence-electron chi connectivity index (χ0n) is 20.7. The molecule has 1 aliphatic heterocycles. The molecule has 0 spiro atoms. The molecule has 0 radical (unpaired) electrons. The van der Waals surface area contributed by atoms with Crippen LogP contribution >= 0.6 is 0 Å². The minimum atomic E-state index is -0.242. The molecule has 5 nitrogen and oxygen atoms in total. The van der Waals surface area contributed by atoms with Gasteiger partial charge in [-0.15, -0.1) is 0 Å². The highest BCUT2D eigenvalue weighted by atomic mass is 19.1. The number of carbonyl (C=O) groups excluding carboxylic acids is 1. The molecular formula is C29H34FNO4. The minimum absolute atomic E-state index is 0.143. The highest BCUT2D eigenvalue weighted by Gasteiger charge is 2.34. The SMILES string of the molecule is COc1ccc(CN(CC[C@@H](c2ccc(F)cc2)[C@@H]2CCOC(C)(C)C2)C(=O)c2ccco2)cc1. The van der Waals surface area contributed by atoms with Crippen molar-refractivity contribution in [3.63, 3.8) is 0 Å². The van der Waals surface area contributed by atoms with E-state index in [4.69, 9.17) is 13.9 Å². The van der Waals surface area contributed by atoms with Crippen LogP contribution in [0.3, 0.4) is 0 Å². The number of halogens is 1. The number of benzene rings is 2. The van der Waals surface area contributed by atoms with Gasteiger partial charge in [-0.2, -0.15) is 0 Å². The topological polar surface area (TPSA) is 51.9 Å². The van der Waals surface area contributed by atoms with E-state index in [-0.39, 0.29) is 23.2 Å². The summed E-state index contributed by atoms with van der Waals surface area (Å²) < 4.78 is 30.4. The number of rotatable bonds is 9. The van der Waals surface area contributed by atoms with Crippen LogP contribution in [0.25, 0.3) is 0 Å². The first kappa shape index (κ1) is 25.0.